The molecular formula is C18H23ClN4OS2. The molecule has 2 aromatic rings. The summed E-state index contributed by atoms with van der Waals surface area (Å²) in [5, 5.41) is 5.70. The highest BCUT2D eigenvalue weighted by molar-refractivity contribution is 8.01. The van der Waals surface area contributed by atoms with E-state index in [2.05, 4.69) is 27.0 Å². The van der Waals surface area contributed by atoms with Crippen molar-refractivity contribution in [3.63, 3.8) is 0 Å². The zero-order valence-electron chi connectivity index (χ0n) is 15.0. The van der Waals surface area contributed by atoms with E-state index in [-0.39, 0.29) is 5.91 Å². The van der Waals surface area contributed by atoms with Gasteiger partial charge in [-0.3, -0.25) is 4.79 Å². The van der Waals surface area contributed by atoms with Crippen LogP contribution in [0.1, 0.15) is 12.6 Å². The molecule has 0 atom stereocenters. The van der Waals surface area contributed by atoms with Crippen LogP contribution >= 0.6 is 34.7 Å². The Labute approximate surface area is 167 Å². The summed E-state index contributed by atoms with van der Waals surface area (Å²) < 4.78 is 0.916. The van der Waals surface area contributed by atoms with Gasteiger partial charge in [0.15, 0.2) is 4.34 Å². The maximum absolute atomic E-state index is 12.4. The second-order valence-electron chi connectivity index (χ2n) is 6.15. The van der Waals surface area contributed by atoms with Gasteiger partial charge in [0.05, 0.1) is 22.2 Å². The first kappa shape index (κ1) is 19.5. The van der Waals surface area contributed by atoms with Gasteiger partial charge in [0, 0.05) is 37.3 Å². The number of carbonyl (C=O) groups excluding carboxylic acids is 1. The van der Waals surface area contributed by atoms with Crippen LogP contribution in [-0.2, 0) is 4.79 Å². The molecule has 2 heterocycles. The van der Waals surface area contributed by atoms with Crippen LogP contribution in [0, 0.1) is 6.92 Å². The lowest BCUT2D eigenvalue weighted by Gasteiger charge is -2.36. The van der Waals surface area contributed by atoms with E-state index in [1.165, 1.54) is 11.8 Å². The highest BCUT2D eigenvalue weighted by Crippen LogP contribution is 2.35. The second kappa shape index (κ2) is 9.08. The summed E-state index contributed by atoms with van der Waals surface area (Å²) in [6.45, 7) is 9.03. The summed E-state index contributed by atoms with van der Waals surface area (Å²) in [6.07, 6.45) is 0. The molecule has 1 aromatic heterocycles. The number of nitrogens with zero attached hydrogens (tertiary/aromatic N) is 3. The number of carbonyl (C=O) groups is 1. The van der Waals surface area contributed by atoms with Gasteiger partial charge in [-0.05, 0) is 25.6 Å². The van der Waals surface area contributed by atoms with Gasteiger partial charge in [0.1, 0.15) is 0 Å². The molecule has 0 spiro atoms. The zero-order chi connectivity index (χ0) is 18.5. The minimum absolute atomic E-state index is 0.0430. The lowest BCUT2D eigenvalue weighted by atomic mass is 10.2. The van der Waals surface area contributed by atoms with Gasteiger partial charge in [-0.25, -0.2) is 4.98 Å². The molecule has 1 saturated heterocycles. The normalized spacial score (nSPS) is 15.3. The number of rotatable bonds is 6. The minimum atomic E-state index is -0.0430. The number of hydrogen-bond acceptors (Lipinski definition) is 6. The zero-order valence-corrected chi connectivity index (χ0v) is 17.4. The first-order chi connectivity index (χ1) is 12.6. The number of nitrogens with one attached hydrogen (secondary N) is 1. The second-order valence-corrected chi connectivity index (χ2v) is 8.64. The highest BCUT2D eigenvalue weighted by Gasteiger charge is 2.21. The molecule has 0 radical (unpaired) electrons. The number of amides is 1. The van der Waals surface area contributed by atoms with Gasteiger partial charge in [0.2, 0.25) is 5.91 Å². The molecule has 0 bridgehead atoms. The van der Waals surface area contributed by atoms with Gasteiger partial charge in [-0.2, -0.15) is 0 Å². The molecule has 140 valence electrons. The predicted octanol–water partition coefficient (Wildman–Crippen LogP) is 3.98. The summed E-state index contributed by atoms with van der Waals surface area (Å²) in [6, 6.07) is 5.68. The van der Waals surface area contributed by atoms with Crippen molar-refractivity contribution in [2.45, 2.75) is 18.2 Å². The van der Waals surface area contributed by atoms with Crippen LogP contribution in [0.4, 0.5) is 11.4 Å². The largest absolute Gasteiger partial charge is 0.366 e. The lowest BCUT2D eigenvalue weighted by molar-refractivity contribution is -0.113. The number of piperazine rings is 1. The standard InChI is InChI=1S/C18H23ClN4OS2/c1-3-22-7-9-23(10-8-22)17-14(19)5-4-6-15(17)21-16(24)12-26-18-20-13(2)11-25-18/h4-6,11H,3,7-10,12H2,1-2H3,(H,21,24). The minimum Gasteiger partial charge on any atom is -0.366 e. The molecule has 8 heteroatoms. The van der Waals surface area contributed by atoms with Crippen molar-refractivity contribution in [1.29, 1.82) is 0 Å². The molecule has 0 unspecified atom stereocenters. The van der Waals surface area contributed by atoms with Crippen molar-refractivity contribution in [3.8, 4) is 0 Å². The van der Waals surface area contributed by atoms with Crippen molar-refractivity contribution >= 4 is 52.0 Å². The van der Waals surface area contributed by atoms with Crippen molar-refractivity contribution in [2.24, 2.45) is 0 Å². The van der Waals surface area contributed by atoms with Gasteiger partial charge in [-0.15, -0.1) is 11.3 Å². The molecule has 0 saturated carbocycles. The topological polar surface area (TPSA) is 48.5 Å². The predicted molar refractivity (Wildman–Crippen MR) is 112 cm³/mol. The lowest BCUT2D eigenvalue weighted by Crippen LogP contribution is -2.46. The van der Waals surface area contributed by atoms with Crippen LogP contribution in [0.5, 0.6) is 0 Å². The smallest absolute Gasteiger partial charge is 0.234 e. The Balaban J connectivity index is 1.66. The molecular weight excluding hydrogens is 388 g/mol. The van der Waals surface area contributed by atoms with Crippen molar-refractivity contribution in [1.82, 2.24) is 9.88 Å². The fraction of sp³-hybridized carbons (Fsp3) is 0.444. The third kappa shape index (κ3) is 4.91. The number of benzene rings is 1. The number of halogens is 1. The molecule has 0 aliphatic carbocycles. The highest BCUT2D eigenvalue weighted by atomic mass is 35.5. The van der Waals surface area contributed by atoms with Crippen molar-refractivity contribution < 1.29 is 4.79 Å². The number of likely N-dealkylation sites (N-methyl/N-ethyl adjacent to an activating group) is 1. The number of anilines is 2. The number of hydrogen-bond donors (Lipinski definition) is 1. The SMILES string of the molecule is CCN1CCN(c2c(Cl)cccc2NC(=O)CSc2nc(C)cs2)CC1. The van der Waals surface area contributed by atoms with Crippen molar-refractivity contribution in [2.75, 3.05) is 48.7 Å². The van der Waals surface area contributed by atoms with Gasteiger partial charge >= 0.3 is 0 Å². The fourth-order valence-electron chi connectivity index (χ4n) is 2.94. The Morgan fingerprint density at radius 3 is 2.77 bits per heavy atom. The number of aromatic nitrogens is 1. The summed E-state index contributed by atoms with van der Waals surface area (Å²) in [5.41, 5.74) is 2.69. The quantitative estimate of drug-likeness (QED) is 0.730. The first-order valence-corrected chi connectivity index (χ1v) is 10.9. The van der Waals surface area contributed by atoms with E-state index in [0.717, 1.165) is 54.1 Å². The van der Waals surface area contributed by atoms with Crippen LogP contribution < -0.4 is 10.2 Å². The van der Waals surface area contributed by atoms with Crippen LogP contribution in [-0.4, -0.2) is 54.3 Å². The molecule has 3 rings (SSSR count). The van der Waals surface area contributed by atoms with Gasteiger partial charge < -0.3 is 15.1 Å². The molecule has 5 nitrogen and oxygen atoms in total. The maximum Gasteiger partial charge on any atom is 0.234 e. The van der Waals surface area contributed by atoms with E-state index in [9.17, 15) is 4.79 Å². The fourth-order valence-corrected chi connectivity index (χ4v) is 4.88. The molecule has 1 aromatic carbocycles. The van der Waals surface area contributed by atoms with Crippen LogP contribution in [0.3, 0.4) is 0 Å². The molecule has 1 amide bonds. The third-order valence-electron chi connectivity index (χ3n) is 4.32. The molecule has 1 fully saturated rings. The van der Waals surface area contributed by atoms with Gasteiger partial charge in [0.25, 0.3) is 0 Å². The molecule has 1 N–H and O–H groups in total. The maximum atomic E-state index is 12.4. The molecule has 1 aliphatic rings. The Morgan fingerprint density at radius 2 is 2.12 bits per heavy atom. The van der Waals surface area contributed by atoms with Crippen molar-refractivity contribution in [3.05, 3.63) is 34.3 Å². The van der Waals surface area contributed by atoms with Crippen LogP contribution in [0.15, 0.2) is 27.9 Å². The van der Waals surface area contributed by atoms with E-state index >= 15 is 0 Å². The van der Waals surface area contributed by atoms with E-state index in [1.54, 1.807) is 11.3 Å². The Bertz CT molecular complexity index is 759. The molecule has 1 aliphatic heterocycles. The number of thioether (sulfide) groups is 1. The van der Waals surface area contributed by atoms with E-state index < -0.39 is 0 Å². The van der Waals surface area contributed by atoms with E-state index in [0.29, 0.717) is 10.8 Å². The Hall–Kier alpha value is -1.28. The van der Waals surface area contributed by atoms with E-state index in [1.807, 2.05) is 30.5 Å². The Morgan fingerprint density at radius 1 is 1.35 bits per heavy atom. The number of thiazole rings is 1. The first-order valence-electron chi connectivity index (χ1n) is 8.67. The summed E-state index contributed by atoms with van der Waals surface area (Å²) in [4.78, 5) is 21.5. The average molecular weight is 411 g/mol. The summed E-state index contributed by atoms with van der Waals surface area (Å²) in [7, 11) is 0. The number of aryl methyl sites for hydroxylation is 1. The Kier molecular flexibility index (Phi) is 6.80. The number of para-hydroxylation sites is 1. The molecule has 26 heavy (non-hydrogen) atoms. The van der Waals surface area contributed by atoms with Crippen LogP contribution in [0.25, 0.3) is 0 Å². The third-order valence-corrected chi connectivity index (χ3v) is 6.77. The summed E-state index contributed by atoms with van der Waals surface area (Å²) >= 11 is 9.50. The summed E-state index contributed by atoms with van der Waals surface area (Å²) in [5.74, 6) is 0.293. The monoisotopic (exact) mass is 410 g/mol. The van der Waals surface area contributed by atoms with E-state index in [4.69, 9.17) is 11.6 Å². The average Bonchev–Trinajstić information content (AvgIpc) is 3.06. The van der Waals surface area contributed by atoms with Crippen LogP contribution in [0.2, 0.25) is 5.02 Å². The van der Waals surface area contributed by atoms with Gasteiger partial charge in [-0.1, -0.05) is 36.4 Å².